The van der Waals surface area contributed by atoms with Crippen LogP contribution in [-0.4, -0.2) is 78.0 Å². The summed E-state index contributed by atoms with van der Waals surface area (Å²) in [5, 5.41) is 2.79. The number of benzene rings is 1. The van der Waals surface area contributed by atoms with E-state index in [1.165, 1.54) is 0 Å². The van der Waals surface area contributed by atoms with E-state index >= 15 is 0 Å². The van der Waals surface area contributed by atoms with Gasteiger partial charge in [0.05, 0.1) is 31.8 Å². The van der Waals surface area contributed by atoms with Crippen molar-refractivity contribution in [3.8, 4) is 5.75 Å². The minimum Gasteiger partial charge on any atom is -0.494 e. The van der Waals surface area contributed by atoms with Gasteiger partial charge >= 0.3 is 0 Å². The molecule has 0 spiro atoms. The van der Waals surface area contributed by atoms with Crippen molar-refractivity contribution in [1.82, 2.24) is 10.2 Å². The van der Waals surface area contributed by atoms with Crippen LogP contribution in [0.3, 0.4) is 0 Å². The van der Waals surface area contributed by atoms with Gasteiger partial charge in [-0.25, -0.2) is 8.42 Å². The molecule has 1 aliphatic heterocycles. The Bertz CT molecular complexity index is 687. The third kappa shape index (κ3) is 7.36. The molecule has 0 aliphatic carbocycles. The van der Waals surface area contributed by atoms with Crippen LogP contribution in [0.15, 0.2) is 24.3 Å². The number of anilines is 1. The molecule has 27 heavy (non-hydrogen) atoms. The highest BCUT2D eigenvalue weighted by Crippen LogP contribution is 2.21. The molecule has 1 aliphatic rings. The molecule has 1 aromatic carbocycles. The SMILES string of the molecule is CCCOc1ccc(N(CC(=O)NCCN2CCOCC2)S(C)(=O)=O)cc1. The van der Waals surface area contributed by atoms with Crippen molar-refractivity contribution in [3.63, 3.8) is 0 Å². The molecule has 9 heteroatoms. The molecular weight excluding hydrogens is 370 g/mol. The largest absolute Gasteiger partial charge is 0.494 e. The highest BCUT2D eigenvalue weighted by Gasteiger charge is 2.21. The number of nitrogens with zero attached hydrogens (tertiary/aromatic N) is 2. The molecule has 0 bridgehead atoms. The second kappa shape index (κ2) is 10.5. The lowest BCUT2D eigenvalue weighted by Gasteiger charge is -2.27. The van der Waals surface area contributed by atoms with Gasteiger partial charge in [-0.1, -0.05) is 6.92 Å². The van der Waals surface area contributed by atoms with Gasteiger partial charge in [0.15, 0.2) is 0 Å². The van der Waals surface area contributed by atoms with Crippen molar-refractivity contribution in [2.45, 2.75) is 13.3 Å². The first-order valence-electron chi connectivity index (χ1n) is 9.17. The van der Waals surface area contributed by atoms with Crippen LogP contribution in [0.5, 0.6) is 5.75 Å². The quantitative estimate of drug-likeness (QED) is 0.623. The van der Waals surface area contributed by atoms with E-state index in [9.17, 15) is 13.2 Å². The van der Waals surface area contributed by atoms with Crippen LogP contribution in [0.4, 0.5) is 5.69 Å². The topological polar surface area (TPSA) is 88.2 Å². The number of ether oxygens (including phenoxy) is 2. The summed E-state index contributed by atoms with van der Waals surface area (Å²) in [5.74, 6) is 0.337. The molecule has 1 amide bonds. The number of carbonyl (C=O) groups is 1. The summed E-state index contributed by atoms with van der Waals surface area (Å²) in [6, 6.07) is 6.71. The molecule has 152 valence electrons. The van der Waals surface area contributed by atoms with Crippen LogP contribution in [0, 0.1) is 0 Å². The Labute approximate surface area is 161 Å². The fourth-order valence-corrected chi connectivity index (χ4v) is 3.55. The third-order valence-corrected chi connectivity index (χ3v) is 5.28. The summed E-state index contributed by atoms with van der Waals surface area (Å²) in [4.78, 5) is 14.4. The van der Waals surface area contributed by atoms with Crippen LogP contribution in [0.2, 0.25) is 0 Å². The van der Waals surface area contributed by atoms with Crippen LogP contribution in [-0.2, 0) is 19.6 Å². The van der Waals surface area contributed by atoms with Crippen molar-refractivity contribution in [1.29, 1.82) is 0 Å². The fourth-order valence-electron chi connectivity index (χ4n) is 2.69. The van der Waals surface area contributed by atoms with Crippen molar-refractivity contribution in [2.75, 3.05) is 63.1 Å². The molecule has 1 heterocycles. The van der Waals surface area contributed by atoms with E-state index in [0.717, 1.165) is 36.6 Å². The molecule has 1 aromatic rings. The minimum atomic E-state index is -3.58. The number of amides is 1. The predicted octanol–water partition coefficient (Wildman–Crippen LogP) is 0.690. The van der Waals surface area contributed by atoms with Gasteiger partial charge in [-0.05, 0) is 30.7 Å². The summed E-state index contributed by atoms with van der Waals surface area (Å²) in [6.07, 6.45) is 1.98. The minimum absolute atomic E-state index is 0.253. The zero-order valence-electron chi connectivity index (χ0n) is 16.0. The Morgan fingerprint density at radius 1 is 1.26 bits per heavy atom. The zero-order chi connectivity index (χ0) is 19.7. The Hall–Kier alpha value is -1.84. The first-order chi connectivity index (χ1) is 12.9. The van der Waals surface area contributed by atoms with Gasteiger partial charge in [0.1, 0.15) is 12.3 Å². The maximum atomic E-state index is 12.2. The first kappa shape index (κ1) is 21.5. The van der Waals surface area contributed by atoms with Gasteiger partial charge < -0.3 is 14.8 Å². The number of carbonyl (C=O) groups excluding carboxylic acids is 1. The second-order valence-electron chi connectivity index (χ2n) is 6.42. The summed E-state index contributed by atoms with van der Waals surface area (Å²) in [5.41, 5.74) is 0.435. The van der Waals surface area contributed by atoms with E-state index in [-0.39, 0.29) is 12.5 Å². The van der Waals surface area contributed by atoms with Gasteiger partial charge in [0.25, 0.3) is 0 Å². The normalized spacial score (nSPS) is 15.3. The average molecular weight is 400 g/mol. The molecular formula is C18H29N3O5S. The maximum Gasteiger partial charge on any atom is 0.240 e. The maximum absolute atomic E-state index is 12.2. The Kier molecular flexibility index (Phi) is 8.33. The lowest BCUT2D eigenvalue weighted by atomic mass is 10.3. The van der Waals surface area contributed by atoms with Crippen LogP contribution in [0.1, 0.15) is 13.3 Å². The monoisotopic (exact) mass is 399 g/mol. The number of morpholine rings is 1. The highest BCUT2D eigenvalue weighted by atomic mass is 32.2. The Morgan fingerprint density at radius 3 is 2.52 bits per heavy atom. The van der Waals surface area contributed by atoms with Gasteiger partial charge in [0, 0.05) is 26.2 Å². The number of sulfonamides is 1. The third-order valence-electron chi connectivity index (χ3n) is 4.14. The van der Waals surface area contributed by atoms with E-state index in [2.05, 4.69) is 10.2 Å². The van der Waals surface area contributed by atoms with Crippen molar-refractivity contribution >= 4 is 21.6 Å². The van der Waals surface area contributed by atoms with Gasteiger partial charge in [-0.3, -0.25) is 14.0 Å². The molecule has 0 aromatic heterocycles. The van der Waals surface area contributed by atoms with Crippen LogP contribution < -0.4 is 14.4 Å². The molecule has 1 saturated heterocycles. The van der Waals surface area contributed by atoms with Crippen molar-refractivity contribution in [2.24, 2.45) is 0 Å². The lowest BCUT2D eigenvalue weighted by molar-refractivity contribution is -0.119. The van der Waals surface area contributed by atoms with Crippen LogP contribution >= 0.6 is 0 Å². The fraction of sp³-hybridized carbons (Fsp3) is 0.611. The van der Waals surface area contributed by atoms with Crippen molar-refractivity contribution < 1.29 is 22.7 Å². The Balaban J connectivity index is 1.90. The highest BCUT2D eigenvalue weighted by molar-refractivity contribution is 7.92. The smallest absolute Gasteiger partial charge is 0.240 e. The van der Waals surface area contributed by atoms with E-state index in [0.29, 0.717) is 37.8 Å². The number of rotatable bonds is 10. The summed E-state index contributed by atoms with van der Waals surface area (Å²) >= 11 is 0. The molecule has 0 unspecified atom stereocenters. The van der Waals surface area contributed by atoms with Gasteiger partial charge in [-0.15, -0.1) is 0 Å². The van der Waals surface area contributed by atoms with E-state index in [1.54, 1.807) is 24.3 Å². The summed E-state index contributed by atoms with van der Waals surface area (Å²) < 4.78 is 36.2. The van der Waals surface area contributed by atoms with Crippen molar-refractivity contribution in [3.05, 3.63) is 24.3 Å². The van der Waals surface area contributed by atoms with E-state index in [4.69, 9.17) is 9.47 Å². The molecule has 8 nitrogen and oxygen atoms in total. The van der Waals surface area contributed by atoms with E-state index in [1.807, 2.05) is 6.92 Å². The van der Waals surface area contributed by atoms with Gasteiger partial charge in [0.2, 0.25) is 15.9 Å². The van der Waals surface area contributed by atoms with Gasteiger partial charge in [-0.2, -0.15) is 0 Å². The number of hydrogen-bond acceptors (Lipinski definition) is 6. The average Bonchev–Trinajstić information content (AvgIpc) is 2.65. The molecule has 0 saturated carbocycles. The first-order valence-corrected chi connectivity index (χ1v) is 11.0. The Morgan fingerprint density at radius 2 is 1.93 bits per heavy atom. The van der Waals surface area contributed by atoms with Crippen LogP contribution in [0.25, 0.3) is 0 Å². The molecule has 1 N–H and O–H groups in total. The summed E-state index contributed by atoms with van der Waals surface area (Å²) in [6.45, 7) is 6.64. The lowest BCUT2D eigenvalue weighted by Crippen LogP contribution is -2.44. The van der Waals surface area contributed by atoms with E-state index < -0.39 is 10.0 Å². The molecule has 1 fully saturated rings. The molecule has 0 radical (unpaired) electrons. The zero-order valence-corrected chi connectivity index (χ0v) is 16.8. The number of nitrogens with one attached hydrogen (secondary N) is 1. The molecule has 2 rings (SSSR count). The number of hydrogen-bond donors (Lipinski definition) is 1. The standard InChI is InChI=1S/C18H29N3O5S/c1-3-12-26-17-6-4-16(5-7-17)21(27(2,23)24)15-18(22)19-8-9-20-10-13-25-14-11-20/h4-7H,3,8-15H2,1-2H3,(H,19,22). The second-order valence-corrected chi connectivity index (χ2v) is 8.32. The summed E-state index contributed by atoms with van der Waals surface area (Å²) in [7, 11) is -3.58. The predicted molar refractivity (Wildman–Crippen MR) is 105 cm³/mol. The molecule has 0 atom stereocenters.